The molecule has 0 aliphatic carbocycles. The number of carbonyl (C=O) groups excluding carboxylic acids is 1. The number of amides is 1. The first-order chi connectivity index (χ1) is 11.5. The SMILES string of the molecule is COc1ccc2nc(NC(=S)NC(=O)c3cccc(Cl)c3)sc2c1. The Balaban J connectivity index is 1.69. The minimum absolute atomic E-state index is 0.172. The highest BCUT2D eigenvalue weighted by molar-refractivity contribution is 7.80. The van der Waals surface area contributed by atoms with Gasteiger partial charge in [-0.15, -0.1) is 0 Å². The van der Waals surface area contributed by atoms with Gasteiger partial charge in [0.15, 0.2) is 10.2 Å². The van der Waals surface area contributed by atoms with Crippen molar-refractivity contribution >= 4 is 61.5 Å². The lowest BCUT2D eigenvalue weighted by Crippen LogP contribution is -2.34. The molecule has 1 heterocycles. The number of carbonyl (C=O) groups is 1. The summed E-state index contributed by atoms with van der Waals surface area (Å²) in [5.74, 6) is 0.423. The molecule has 0 saturated carbocycles. The number of hydrogen-bond donors (Lipinski definition) is 2. The Kier molecular flexibility index (Phi) is 4.94. The Morgan fingerprint density at radius 2 is 2.12 bits per heavy atom. The van der Waals surface area contributed by atoms with Gasteiger partial charge in [-0.2, -0.15) is 0 Å². The van der Waals surface area contributed by atoms with Crippen LogP contribution < -0.4 is 15.4 Å². The summed E-state index contributed by atoms with van der Waals surface area (Å²) in [6.45, 7) is 0. The van der Waals surface area contributed by atoms with E-state index in [2.05, 4.69) is 15.6 Å². The number of fused-ring (bicyclic) bond motifs is 1. The van der Waals surface area contributed by atoms with Gasteiger partial charge in [0, 0.05) is 10.6 Å². The average Bonchev–Trinajstić information content (AvgIpc) is 2.95. The predicted octanol–water partition coefficient (Wildman–Crippen LogP) is 4.09. The second kappa shape index (κ2) is 7.12. The molecule has 1 aromatic heterocycles. The zero-order valence-corrected chi connectivity index (χ0v) is 14.9. The maximum absolute atomic E-state index is 12.1. The minimum Gasteiger partial charge on any atom is -0.497 e. The van der Waals surface area contributed by atoms with Crippen molar-refractivity contribution in [1.82, 2.24) is 10.3 Å². The molecule has 0 saturated heterocycles. The van der Waals surface area contributed by atoms with Crippen molar-refractivity contribution in [1.29, 1.82) is 0 Å². The summed E-state index contributed by atoms with van der Waals surface area (Å²) < 4.78 is 6.15. The largest absolute Gasteiger partial charge is 0.497 e. The fraction of sp³-hybridized carbons (Fsp3) is 0.0625. The van der Waals surface area contributed by atoms with E-state index in [9.17, 15) is 4.79 Å². The first-order valence-electron chi connectivity index (χ1n) is 6.87. The minimum atomic E-state index is -0.335. The highest BCUT2D eigenvalue weighted by Crippen LogP contribution is 2.29. The zero-order chi connectivity index (χ0) is 17.1. The molecule has 0 radical (unpaired) electrons. The van der Waals surface area contributed by atoms with E-state index >= 15 is 0 Å². The van der Waals surface area contributed by atoms with Gasteiger partial charge in [0.2, 0.25) is 0 Å². The lowest BCUT2D eigenvalue weighted by Gasteiger charge is -2.07. The highest BCUT2D eigenvalue weighted by atomic mass is 35.5. The molecule has 0 bridgehead atoms. The Hall–Kier alpha value is -2.22. The molecule has 122 valence electrons. The summed E-state index contributed by atoms with van der Waals surface area (Å²) in [7, 11) is 1.61. The number of aromatic nitrogens is 1. The van der Waals surface area contributed by atoms with E-state index in [1.54, 1.807) is 31.4 Å². The number of nitrogens with one attached hydrogen (secondary N) is 2. The molecule has 5 nitrogen and oxygen atoms in total. The van der Waals surface area contributed by atoms with E-state index in [0.717, 1.165) is 16.0 Å². The lowest BCUT2D eigenvalue weighted by atomic mass is 10.2. The van der Waals surface area contributed by atoms with Crippen molar-refractivity contribution in [2.45, 2.75) is 0 Å². The number of hydrogen-bond acceptors (Lipinski definition) is 5. The fourth-order valence-corrected chi connectivity index (χ4v) is 3.36. The van der Waals surface area contributed by atoms with E-state index in [-0.39, 0.29) is 11.0 Å². The summed E-state index contributed by atoms with van der Waals surface area (Å²) in [4.78, 5) is 16.5. The van der Waals surface area contributed by atoms with Gasteiger partial charge in [-0.1, -0.05) is 29.0 Å². The van der Waals surface area contributed by atoms with E-state index < -0.39 is 0 Å². The summed E-state index contributed by atoms with van der Waals surface area (Å²) in [5, 5.41) is 6.77. The van der Waals surface area contributed by atoms with Gasteiger partial charge in [-0.05, 0) is 48.6 Å². The number of benzene rings is 2. The molecule has 0 aliphatic heterocycles. The molecule has 1 amide bonds. The summed E-state index contributed by atoms with van der Waals surface area (Å²) in [6, 6.07) is 12.2. The van der Waals surface area contributed by atoms with Crippen molar-refractivity contribution < 1.29 is 9.53 Å². The van der Waals surface area contributed by atoms with Crippen molar-refractivity contribution in [3.05, 3.63) is 53.1 Å². The number of ether oxygens (including phenoxy) is 1. The van der Waals surface area contributed by atoms with Gasteiger partial charge in [0.25, 0.3) is 5.91 Å². The maximum atomic E-state index is 12.1. The lowest BCUT2D eigenvalue weighted by molar-refractivity contribution is 0.0977. The van der Waals surface area contributed by atoms with Crippen LogP contribution >= 0.6 is 35.2 Å². The van der Waals surface area contributed by atoms with Crippen LogP contribution in [0.3, 0.4) is 0 Å². The third-order valence-electron chi connectivity index (χ3n) is 3.13. The molecule has 24 heavy (non-hydrogen) atoms. The molecule has 0 aliphatic rings. The van der Waals surface area contributed by atoms with E-state index in [0.29, 0.717) is 15.7 Å². The fourth-order valence-electron chi connectivity index (χ4n) is 2.02. The topological polar surface area (TPSA) is 63.2 Å². The van der Waals surface area contributed by atoms with Crippen molar-refractivity contribution in [3.63, 3.8) is 0 Å². The molecule has 3 rings (SSSR count). The predicted molar refractivity (Wildman–Crippen MR) is 101 cm³/mol. The number of anilines is 1. The molecule has 0 unspecified atom stereocenters. The van der Waals surface area contributed by atoms with Gasteiger partial charge in [-0.3, -0.25) is 10.1 Å². The van der Waals surface area contributed by atoms with Crippen molar-refractivity contribution in [2.75, 3.05) is 12.4 Å². The molecular formula is C16H12ClN3O2S2. The van der Waals surface area contributed by atoms with Crippen LogP contribution in [0.5, 0.6) is 5.75 Å². The van der Waals surface area contributed by atoms with E-state index in [1.165, 1.54) is 11.3 Å². The Bertz CT molecular complexity index is 927. The monoisotopic (exact) mass is 377 g/mol. The number of rotatable bonds is 3. The van der Waals surface area contributed by atoms with Crippen LogP contribution in [0.4, 0.5) is 5.13 Å². The number of methoxy groups -OCH3 is 1. The maximum Gasteiger partial charge on any atom is 0.257 e. The van der Waals surface area contributed by atoms with E-state index in [1.807, 2.05) is 18.2 Å². The van der Waals surface area contributed by atoms with Gasteiger partial charge in [0.05, 0.1) is 17.3 Å². The summed E-state index contributed by atoms with van der Waals surface area (Å²) in [5.41, 5.74) is 1.26. The molecule has 0 fully saturated rings. The zero-order valence-electron chi connectivity index (χ0n) is 12.5. The Morgan fingerprint density at radius 3 is 2.88 bits per heavy atom. The summed E-state index contributed by atoms with van der Waals surface area (Å²) >= 11 is 12.5. The molecule has 3 aromatic rings. The van der Waals surface area contributed by atoms with Crippen LogP contribution in [0.2, 0.25) is 5.02 Å². The quantitative estimate of drug-likeness (QED) is 0.673. The molecule has 2 N–H and O–H groups in total. The normalized spacial score (nSPS) is 10.4. The van der Waals surface area contributed by atoms with Crippen molar-refractivity contribution in [3.8, 4) is 5.75 Å². The first kappa shape index (κ1) is 16.6. The van der Waals surface area contributed by atoms with Crippen molar-refractivity contribution in [2.24, 2.45) is 0 Å². The van der Waals surface area contributed by atoms with Gasteiger partial charge in [0.1, 0.15) is 5.75 Å². The standard InChI is InChI=1S/C16H12ClN3O2S2/c1-22-11-5-6-12-13(8-11)24-16(18-12)20-15(23)19-14(21)9-3-2-4-10(17)7-9/h2-8H,1H3,(H2,18,19,20,21,23). The summed E-state index contributed by atoms with van der Waals surface area (Å²) in [6.07, 6.45) is 0. The Morgan fingerprint density at radius 1 is 1.29 bits per heavy atom. The van der Waals surface area contributed by atoms with Crippen LogP contribution in [-0.2, 0) is 0 Å². The van der Waals surface area contributed by atoms with Crippen LogP contribution in [-0.4, -0.2) is 23.1 Å². The van der Waals surface area contributed by atoms with E-state index in [4.69, 9.17) is 28.6 Å². The third kappa shape index (κ3) is 3.81. The number of thiocarbonyl (C=S) groups is 1. The van der Waals surface area contributed by atoms with Gasteiger partial charge < -0.3 is 10.1 Å². The molecule has 0 atom stereocenters. The van der Waals surface area contributed by atoms with Gasteiger partial charge in [-0.25, -0.2) is 4.98 Å². The van der Waals surface area contributed by atoms with Crippen LogP contribution in [0.15, 0.2) is 42.5 Å². The second-order valence-corrected chi connectivity index (χ2v) is 6.65. The molecule has 2 aromatic carbocycles. The van der Waals surface area contributed by atoms with Crippen LogP contribution in [0.25, 0.3) is 10.2 Å². The van der Waals surface area contributed by atoms with Crippen LogP contribution in [0.1, 0.15) is 10.4 Å². The van der Waals surface area contributed by atoms with Crippen LogP contribution in [0, 0.1) is 0 Å². The first-order valence-corrected chi connectivity index (χ1v) is 8.48. The third-order valence-corrected chi connectivity index (χ3v) is 4.50. The molecule has 8 heteroatoms. The Labute approximate surface area is 152 Å². The molecular weight excluding hydrogens is 366 g/mol. The average molecular weight is 378 g/mol. The second-order valence-electron chi connectivity index (χ2n) is 4.77. The molecule has 0 spiro atoms. The number of thiazole rings is 1. The van der Waals surface area contributed by atoms with Gasteiger partial charge >= 0.3 is 0 Å². The smallest absolute Gasteiger partial charge is 0.257 e. The number of halogens is 1. The number of nitrogens with zero attached hydrogens (tertiary/aromatic N) is 1. The highest BCUT2D eigenvalue weighted by Gasteiger charge is 2.11.